The van der Waals surface area contributed by atoms with E-state index in [4.69, 9.17) is 16.6 Å². The molecule has 0 aromatic heterocycles. The zero-order chi connectivity index (χ0) is 22.0. The highest BCUT2D eigenvalue weighted by Gasteiger charge is 2.54. The minimum atomic E-state index is -1.28. The third-order valence-corrected chi connectivity index (χ3v) is 5.62. The fourth-order valence-electron chi connectivity index (χ4n) is 3.80. The number of rotatable bonds is 5. The van der Waals surface area contributed by atoms with E-state index < -0.39 is 5.79 Å². The Balaban J connectivity index is 1.97. The fourth-order valence-corrected chi connectivity index (χ4v) is 3.92. The summed E-state index contributed by atoms with van der Waals surface area (Å²) in [5.74, 6) is -1.28. The molecule has 1 unspecified atom stereocenters. The van der Waals surface area contributed by atoms with Crippen LogP contribution in [0.1, 0.15) is 16.7 Å². The van der Waals surface area contributed by atoms with E-state index in [1.807, 2.05) is 110 Å². The summed E-state index contributed by atoms with van der Waals surface area (Å²) >= 11 is 6.15. The molecule has 0 fully saturated rings. The van der Waals surface area contributed by atoms with Crippen LogP contribution in [0.15, 0.2) is 83.9 Å². The Labute approximate surface area is 188 Å². The van der Waals surface area contributed by atoms with Crippen LogP contribution in [0.5, 0.6) is 0 Å². The molecule has 0 spiro atoms. The Morgan fingerprint density at radius 1 is 1.00 bits per heavy atom. The number of benzene rings is 3. The highest BCUT2D eigenvalue weighted by atomic mass is 35.5. The van der Waals surface area contributed by atoms with Crippen LogP contribution >= 0.6 is 11.6 Å². The minimum Gasteiger partial charge on any atom is -0.620 e. The molecular weight excluding hydrogens is 408 g/mol. The summed E-state index contributed by atoms with van der Waals surface area (Å²) in [6.45, 7) is 2.45. The summed E-state index contributed by atoms with van der Waals surface area (Å²) in [6.07, 6.45) is 1.69. The first-order valence-electron chi connectivity index (χ1n) is 10.1. The number of hydrogen-bond acceptors (Lipinski definition) is 3. The summed E-state index contributed by atoms with van der Waals surface area (Å²) in [7, 11) is 3.78. The Hall–Kier alpha value is -3.31. The first-order chi connectivity index (χ1) is 14.9. The van der Waals surface area contributed by atoms with E-state index in [0.717, 1.165) is 27.1 Å². The van der Waals surface area contributed by atoms with Gasteiger partial charge in [-0.05, 0) is 55.5 Å². The van der Waals surface area contributed by atoms with Crippen molar-refractivity contribution in [3.8, 4) is 0 Å². The van der Waals surface area contributed by atoms with Gasteiger partial charge >= 0.3 is 5.79 Å². The van der Waals surface area contributed by atoms with E-state index in [1.54, 1.807) is 6.34 Å². The molecule has 0 radical (unpaired) electrons. The van der Waals surface area contributed by atoms with Gasteiger partial charge < -0.3 is 10.1 Å². The van der Waals surface area contributed by atoms with E-state index >= 15 is 0 Å². The van der Waals surface area contributed by atoms with Crippen LogP contribution in [-0.4, -0.2) is 42.3 Å². The van der Waals surface area contributed by atoms with Crippen LogP contribution in [0.3, 0.4) is 0 Å². The largest absolute Gasteiger partial charge is 0.620 e. The van der Waals surface area contributed by atoms with Gasteiger partial charge in [0.2, 0.25) is 5.71 Å². The van der Waals surface area contributed by atoms with Crippen LogP contribution in [0.4, 0.5) is 5.69 Å². The van der Waals surface area contributed by atoms with E-state index in [0.29, 0.717) is 17.3 Å². The lowest BCUT2D eigenvalue weighted by Crippen LogP contribution is -2.47. The van der Waals surface area contributed by atoms with Gasteiger partial charge in [0.05, 0.1) is 11.9 Å². The van der Waals surface area contributed by atoms with Crippen molar-refractivity contribution < 1.29 is 4.74 Å². The van der Waals surface area contributed by atoms with Crippen molar-refractivity contribution in [3.05, 3.63) is 106 Å². The van der Waals surface area contributed by atoms with Gasteiger partial charge in [-0.3, -0.25) is 4.90 Å². The van der Waals surface area contributed by atoms with Crippen LogP contribution in [0, 0.1) is 12.1 Å². The van der Waals surface area contributed by atoms with Gasteiger partial charge in [-0.1, -0.05) is 47.5 Å². The second-order valence-corrected chi connectivity index (χ2v) is 8.32. The quantitative estimate of drug-likeness (QED) is 0.250. The van der Waals surface area contributed by atoms with Gasteiger partial charge in [-0.2, -0.15) is 9.73 Å². The molecule has 4 rings (SSSR count). The highest BCUT2D eigenvalue weighted by Crippen LogP contribution is 2.40. The molecule has 1 heterocycles. The van der Waals surface area contributed by atoms with Crippen molar-refractivity contribution in [1.82, 2.24) is 4.90 Å². The van der Waals surface area contributed by atoms with Crippen molar-refractivity contribution in [1.29, 1.82) is 0 Å². The maximum absolute atomic E-state index is 14.1. The Bertz CT molecular complexity index is 1110. The Morgan fingerprint density at radius 3 is 2.26 bits per heavy atom. The van der Waals surface area contributed by atoms with Gasteiger partial charge in [0, 0.05) is 30.4 Å². The molecule has 0 saturated carbocycles. The molecule has 0 amide bonds. The molecule has 31 heavy (non-hydrogen) atoms. The summed E-state index contributed by atoms with van der Waals surface area (Å²) < 4.78 is 1.04. The van der Waals surface area contributed by atoms with Gasteiger partial charge in [-0.25, -0.2) is 0 Å². The molecule has 5 nitrogen and oxygen atoms in total. The summed E-state index contributed by atoms with van der Waals surface area (Å²) in [6, 6.07) is 25.2. The van der Waals surface area contributed by atoms with E-state index in [9.17, 15) is 5.21 Å². The average molecular weight is 433 g/mol. The predicted octanol–water partition coefficient (Wildman–Crippen LogP) is 4.87. The highest BCUT2D eigenvalue weighted by molar-refractivity contribution is 6.30. The Kier molecular flexibility index (Phi) is 5.70. The van der Waals surface area contributed by atoms with Crippen LogP contribution in [-0.2, 0) is 5.79 Å². The second kappa shape index (κ2) is 8.44. The van der Waals surface area contributed by atoms with Gasteiger partial charge in [0.15, 0.2) is 0 Å². The number of halogens is 1. The maximum atomic E-state index is 14.1. The molecule has 1 atom stereocenters. The van der Waals surface area contributed by atoms with Gasteiger partial charge in [0.1, 0.15) is 6.54 Å². The van der Waals surface area contributed by atoms with Crippen molar-refractivity contribution in [2.24, 2.45) is 4.99 Å². The smallest absolute Gasteiger partial charge is 0.378 e. The summed E-state index contributed by atoms with van der Waals surface area (Å²) in [4.78, 5) is 8.73. The second-order valence-electron chi connectivity index (χ2n) is 7.88. The summed E-state index contributed by atoms with van der Waals surface area (Å²) in [5, 5.41) is 14.7. The lowest BCUT2D eigenvalue weighted by molar-refractivity contribution is -0.547. The number of hydroxylamine groups is 1. The molecule has 3 aromatic rings. The number of aliphatic imine (C=N–C) groups is 1. The van der Waals surface area contributed by atoms with Crippen molar-refractivity contribution in [3.63, 3.8) is 0 Å². The number of aryl methyl sites for hydroxylation is 1. The van der Waals surface area contributed by atoms with Crippen molar-refractivity contribution >= 4 is 29.3 Å². The number of nitrogens with zero attached hydrogens (tertiary/aromatic N) is 4. The normalized spacial score (nSPS) is 18.8. The van der Waals surface area contributed by atoms with Crippen LogP contribution in [0.25, 0.3) is 0 Å². The predicted molar refractivity (Wildman–Crippen MR) is 128 cm³/mol. The molecule has 0 N–H and O–H groups in total. The molecule has 1 aliphatic rings. The maximum Gasteiger partial charge on any atom is 0.378 e. The minimum absolute atomic E-state index is 0.411. The van der Waals surface area contributed by atoms with Crippen molar-refractivity contribution in [2.75, 3.05) is 25.5 Å². The zero-order valence-corrected chi connectivity index (χ0v) is 18.6. The van der Waals surface area contributed by atoms with Gasteiger partial charge in [-0.15, -0.1) is 0 Å². The molecule has 6 heteroatoms. The fraction of sp³-hybridized carbons (Fsp3) is 0.200. The monoisotopic (exact) mass is 432 g/mol. The molecule has 3 aromatic carbocycles. The SMILES string of the molecule is Cc1ccc(C2=[N+]([O-])C(/N=C/N(C)C)(c3ccccc3)N(c3ccc(Cl)cc3)C2)cc1. The van der Waals surface area contributed by atoms with Crippen molar-refractivity contribution in [2.45, 2.75) is 12.7 Å². The Morgan fingerprint density at radius 2 is 1.65 bits per heavy atom. The number of anilines is 1. The lowest BCUT2D eigenvalue weighted by Gasteiger charge is -2.33. The molecule has 0 aliphatic carbocycles. The third-order valence-electron chi connectivity index (χ3n) is 5.37. The average Bonchev–Trinajstić information content (AvgIpc) is 3.07. The molecular formula is C25H25ClN4O. The third kappa shape index (κ3) is 3.89. The van der Waals surface area contributed by atoms with Gasteiger partial charge in [0.25, 0.3) is 0 Å². The van der Waals surface area contributed by atoms with Crippen LogP contribution in [0.2, 0.25) is 5.02 Å². The molecule has 1 aliphatic heterocycles. The van der Waals surface area contributed by atoms with Crippen LogP contribution < -0.4 is 4.90 Å². The first-order valence-corrected chi connectivity index (χ1v) is 10.5. The topological polar surface area (TPSA) is 44.9 Å². The zero-order valence-electron chi connectivity index (χ0n) is 17.9. The first kappa shape index (κ1) is 20.9. The molecule has 0 saturated heterocycles. The molecule has 158 valence electrons. The lowest BCUT2D eigenvalue weighted by atomic mass is 10.1. The van der Waals surface area contributed by atoms with E-state index in [2.05, 4.69) is 0 Å². The molecule has 0 bridgehead atoms. The number of hydrogen-bond donors (Lipinski definition) is 0. The van der Waals surface area contributed by atoms with E-state index in [-0.39, 0.29) is 0 Å². The standard InChI is InChI=1S/C25H25ClN4O/c1-19-9-11-20(12-10-19)24-17-29(23-15-13-22(26)14-16-23)25(30(24)31,27-18-28(2)3)21-7-5-4-6-8-21/h4-16,18H,17H2,1-3H3/b27-18+. The van der Waals surface area contributed by atoms with E-state index in [1.165, 1.54) is 0 Å². The summed E-state index contributed by atoms with van der Waals surface area (Å²) in [5.41, 5.74) is 4.36.